The Morgan fingerprint density at radius 1 is 0.838 bits per heavy atom. The van der Waals surface area contributed by atoms with E-state index < -0.39 is 0 Å². The van der Waals surface area contributed by atoms with Gasteiger partial charge < -0.3 is 15.1 Å². The summed E-state index contributed by atoms with van der Waals surface area (Å²) in [5, 5.41) is 3.26. The van der Waals surface area contributed by atoms with Gasteiger partial charge in [-0.2, -0.15) is 0 Å². The second-order valence-corrected chi connectivity index (χ2v) is 8.94. The Hall–Kier alpha value is -4.79. The van der Waals surface area contributed by atoms with E-state index in [1.807, 2.05) is 53.6 Å². The average Bonchev–Trinajstić information content (AvgIpc) is 3.38. The Balaban J connectivity index is 1.20. The van der Waals surface area contributed by atoms with Crippen molar-refractivity contribution in [1.29, 1.82) is 0 Å². The molecule has 1 saturated heterocycles. The lowest BCUT2D eigenvalue weighted by atomic mass is 10.1. The van der Waals surface area contributed by atoms with Crippen LogP contribution in [0.25, 0.3) is 28.2 Å². The standard InChI is InChI=1S/C28H26N8O/c1-20(37)34-13-15-35(16-14-34)26-10-8-23(17-30-26)32-28-29-12-11-24(33-28)25-18-31-27-9-7-22(19-36(25)27)21-5-3-2-4-6-21/h2-12,17-19H,13-16H2,1H3,(H,29,32,33). The first-order chi connectivity index (χ1) is 18.1. The molecule has 4 aromatic heterocycles. The van der Waals surface area contributed by atoms with E-state index in [2.05, 4.69) is 54.0 Å². The molecule has 1 amide bonds. The normalized spacial score (nSPS) is 13.6. The van der Waals surface area contributed by atoms with Gasteiger partial charge in [-0.1, -0.05) is 30.3 Å². The van der Waals surface area contributed by atoms with Gasteiger partial charge in [-0.15, -0.1) is 0 Å². The summed E-state index contributed by atoms with van der Waals surface area (Å²) in [6.45, 7) is 4.59. The summed E-state index contributed by atoms with van der Waals surface area (Å²) in [5.41, 5.74) is 5.55. The molecule has 37 heavy (non-hydrogen) atoms. The molecule has 0 bridgehead atoms. The van der Waals surface area contributed by atoms with E-state index in [0.29, 0.717) is 19.0 Å². The lowest BCUT2D eigenvalue weighted by Gasteiger charge is -2.34. The fourth-order valence-corrected chi connectivity index (χ4v) is 4.56. The van der Waals surface area contributed by atoms with Crippen molar-refractivity contribution in [3.8, 4) is 22.5 Å². The van der Waals surface area contributed by atoms with Crippen LogP contribution in [0.1, 0.15) is 6.92 Å². The van der Waals surface area contributed by atoms with Gasteiger partial charge in [0.05, 0.1) is 29.5 Å². The second-order valence-electron chi connectivity index (χ2n) is 8.94. The molecule has 1 aliphatic heterocycles. The number of imidazole rings is 1. The minimum absolute atomic E-state index is 0.120. The number of rotatable bonds is 5. The lowest BCUT2D eigenvalue weighted by Crippen LogP contribution is -2.48. The summed E-state index contributed by atoms with van der Waals surface area (Å²) in [7, 11) is 0. The largest absolute Gasteiger partial charge is 0.353 e. The Kier molecular flexibility index (Phi) is 5.94. The van der Waals surface area contributed by atoms with Gasteiger partial charge in [-0.3, -0.25) is 9.20 Å². The van der Waals surface area contributed by atoms with E-state index in [1.54, 1.807) is 19.3 Å². The van der Waals surface area contributed by atoms with Gasteiger partial charge in [-0.05, 0) is 41.5 Å². The number of piperazine rings is 1. The molecule has 0 aliphatic carbocycles. The summed E-state index contributed by atoms with van der Waals surface area (Å²) in [5.74, 6) is 1.50. The van der Waals surface area contributed by atoms with Crippen LogP contribution in [-0.2, 0) is 4.79 Å². The van der Waals surface area contributed by atoms with Crippen molar-refractivity contribution >= 4 is 29.0 Å². The molecule has 1 aliphatic rings. The number of hydrogen-bond acceptors (Lipinski definition) is 7. The Morgan fingerprint density at radius 2 is 1.68 bits per heavy atom. The van der Waals surface area contributed by atoms with Crippen LogP contribution >= 0.6 is 0 Å². The zero-order chi connectivity index (χ0) is 25.2. The van der Waals surface area contributed by atoms with Crippen LogP contribution in [0.15, 0.2) is 85.5 Å². The number of nitrogens with zero attached hydrogens (tertiary/aromatic N) is 7. The van der Waals surface area contributed by atoms with Crippen molar-refractivity contribution in [2.45, 2.75) is 6.92 Å². The van der Waals surface area contributed by atoms with E-state index in [4.69, 9.17) is 4.98 Å². The molecule has 0 radical (unpaired) electrons. The van der Waals surface area contributed by atoms with E-state index in [-0.39, 0.29) is 5.91 Å². The summed E-state index contributed by atoms with van der Waals surface area (Å²) in [6.07, 6.45) is 7.43. The number of pyridine rings is 2. The maximum atomic E-state index is 11.6. The van der Waals surface area contributed by atoms with Gasteiger partial charge in [0, 0.05) is 45.5 Å². The van der Waals surface area contributed by atoms with Crippen LogP contribution in [0.5, 0.6) is 0 Å². The molecule has 1 N–H and O–H groups in total. The van der Waals surface area contributed by atoms with Gasteiger partial charge >= 0.3 is 0 Å². The molecule has 0 saturated carbocycles. The molecule has 5 aromatic rings. The first-order valence-corrected chi connectivity index (χ1v) is 12.2. The highest BCUT2D eigenvalue weighted by atomic mass is 16.2. The summed E-state index contributed by atoms with van der Waals surface area (Å²) >= 11 is 0. The van der Waals surface area contributed by atoms with Gasteiger partial charge in [0.2, 0.25) is 11.9 Å². The van der Waals surface area contributed by atoms with Crippen LogP contribution in [-0.4, -0.2) is 61.3 Å². The smallest absolute Gasteiger partial charge is 0.227 e. The molecule has 6 rings (SSSR count). The molecule has 1 fully saturated rings. The van der Waals surface area contributed by atoms with Gasteiger partial charge in [0.25, 0.3) is 0 Å². The second kappa shape index (κ2) is 9.69. The highest BCUT2D eigenvalue weighted by molar-refractivity contribution is 5.73. The van der Waals surface area contributed by atoms with Crippen molar-refractivity contribution in [1.82, 2.24) is 29.2 Å². The van der Waals surface area contributed by atoms with E-state index in [0.717, 1.165) is 52.8 Å². The van der Waals surface area contributed by atoms with Crippen LogP contribution in [0, 0.1) is 0 Å². The highest BCUT2D eigenvalue weighted by Gasteiger charge is 2.19. The Bertz CT molecular complexity index is 1540. The number of carbonyl (C=O) groups is 1. The van der Waals surface area contributed by atoms with E-state index >= 15 is 0 Å². The number of amides is 1. The first-order valence-electron chi connectivity index (χ1n) is 12.2. The van der Waals surface area contributed by atoms with Crippen molar-refractivity contribution in [3.63, 3.8) is 0 Å². The zero-order valence-electron chi connectivity index (χ0n) is 20.5. The number of benzene rings is 1. The molecule has 5 heterocycles. The van der Waals surface area contributed by atoms with Gasteiger partial charge in [-0.25, -0.2) is 19.9 Å². The fourth-order valence-electron chi connectivity index (χ4n) is 4.56. The monoisotopic (exact) mass is 490 g/mol. The number of carbonyl (C=O) groups excluding carboxylic acids is 1. The predicted molar refractivity (Wildman–Crippen MR) is 144 cm³/mol. The molecule has 1 aromatic carbocycles. The maximum Gasteiger partial charge on any atom is 0.227 e. The molecular weight excluding hydrogens is 464 g/mol. The molecule has 0 unspecified atom stereocenters. The quantitative estimate of drug-likeness (QED) is 0.393. The minimum atomic E-state index is 0.120. The number of nitrogens with one attached hydrogen (secondary N) is 1. The zero-order valence-corrected chi connectivity index (χ0v) is 20.5. The van der Waals surface area contributed by atoms with E-state index in [1.165, 1.54) is 0 Å². The molecule has 0 spiro atoms. The molecular formula is C28H26N8O. The van der Waals surface area contributed by atoms with Crippen molar-refractivity contribution in [2.75, 3.05) is 36.4 Å². The first kappa shape index (κ1) is 22.7. The molecule has 9 heteroatoms. The number of hydrogen-bond donors (Lipinski definition) is 1. The number of aromatic nitrogens is 5. The number of fused-ring (bicyclic) bond motifs is 1. The SMILES string of the molecule is CC(=O)N1CCN(c2ccc(Nc3nccc(-c4cnc5ccc(-c6ccccc6)cn45)n3)cn2)CC1. The third-order valence-electron chi connectivity index (χ3n) is 6.58. The van der Waals surface area contributed by atoms with Crippen molar-refractivity contribution in [2.24, 2.45) is 0 Å². The molecule has 9 nitrogen and oxygen atoms in total. The Labute approximate surface area is 214 Å². The lowest BCUT2D eigenvalue weighted by molar-refractivity contribution is -0.129. The Morgan fingerprint density at radius 3 is 2.43 bits per heavy atom. The summed E-state index contributed by atoms with van der Waals surface area (Å²) in [4.78, 5) is 33.9. The summed E-state index contributed by atoms with van der Waals surface area (Å²) < 4.78 is 2.05. The third kappa shape index (κ3) is 4.71. The third-order valence-corrected chi connectivity index (χ3v) is 6.58. The summed E-state index contributed by atoms with van der Waals surface area (Å²) in [6, 6.07) is 20.2. The van der Waals surface area contributed by atoms with Crippen LogP contribution in [0.4, 0.5) is 17.5 Å². The average molecular weight is 491 g/mol. The van der Waals surface area contributed by atoms with Crippen LogP contribution in [0.3, 0.4) is 0 Å². The van der Waals surface area contributed by atoms with Gasteiger partial charge in [0.15, 0.2) is 0 Å². The van der Waals surface area contributed by atoms with Gasteiger partial charge in [0.1, 0.15) is 11.5 Å². The molecule has 184 valence electrons. The number of anilines is 3. The predicted octanol–water partition coefficient (Wildman–Crippen LogP) is 4.27. The van der Waals surface area contributed by atoms with E-state index in [9.17, 15) is 4.79 Å². The van der Waals surface area contributed by atoms with Crippen LogP contribution in [0.2, 0.25) is 0 Å². The van der Waals surface area contributed by atoms with Crippen LogP contribution < -0.4 is 10.2 Å². The highest BCUT2D eigenvalue weighted by Crippen LogP contribution is 2.25. The fraction of sp³-hybridized carbons (Fsp3) is 0.179. The molecule has 0 atom stereocenters. The topological polar surface area (TPSA) is 91.6 Å². The van der Waals surface area contributed by atoms with Crippen molar-refractivity contribution < 1.29 is 4.79 Å². The maximum absolute atomic E-state index is 11.6. The van der Waals surface area contributed by atoms with Crippen molar-refractivity contribution in [3.05, 3.63) is 85.5 Å². The minimum Gasteiger partial charge on any atom is -0.353 e.